The van der Waals surface area contributed by atoms with Crippen molar-refractivity contribution in [3.63, 3.8) is 0 Å². The lowest BCUT2D eigenvalue weighted by molar-refractivity contribution is -0.605. The predicted molar refractivity (Wildman–Crippen MR) is 137 cm³/mol. The molecule has 7 nitrogen and oxygen atoms in total. The van der Waals surface area contributed by atoms with Gasteiger partial charge in [0.05, 0.1) is 0 Å². The lowest BCUT2D eigenvalue weighted by Crippen LogP contribution is -2.27. The molecule has 0 atom stereocenters. The summed E-state index contributed by atoms with van der Waals surface area (Å²) in [5.41, 5.74) is 4.92. The number of ether oxygens (including phenoxy) is 1. The highest BCUT2D eigenvalue weighted by atomic mass is 16.5. The molecule has 182 valence electrons. The molecular weight excluding hydrogens is 454 g/mol. The summed E-state index contributed by atoms with van der Waals surface area (Å²) < 4.78 is 6.04. The first-order valence-corrected chi connectivity index (χ1v) is 11.7. The standard InChI is InChI=1S/C29H27N3O4/c33-28(30-17-14-22-15-18-32(35)19-16-22)27-13-7-6-12-26(27)25-11-5-4-10-24(25)20-31-29(34)36-21-23-8-2-1-3-9-23/h1-13,15-16,18-19H,14,17,20-21H2,(H,30,33)(H,31,34). The van der Waals surface area contributed by atoms with Crippen LogP contribution in [0.5, 0.6) is 0 Å². The maximum atomic E-state index is 13.0. The van der Waals surface area contributed by atoms with Gasteiger partial charge in [0, 0.05) is 30.8 Å². The van der Waals surface area contributed by atoms with Crippen molar-refractivity contribution in [2.75, 3.05) is 6.54 Å². The summed E-state index contributed by atoms with van der Waals surface area (Å²) in [6, 6.07) is 28.0. The molecular formula is C29H27N3O4. The molecule has 0 aliphatic rings. The van der Waals surface area contributed by atoms with E-state index in [2.05, 4.69) is 10.6 Å². The van der Waals surface area contributed by atoms with Gasteiger partial charge in [0.25, 0.3) is 5.91 Å². The quantitative estimate of drug-likeness (QED) is 0.274. The molecule has 2 N–H and O–H groups in total. The second-order valence-electron chi connectivity index (χ2n) is 8.19. The zero-order valence-electron chi connectivity index (χ0n) is 19.7. The Bertz CT molecular complexity index is 1310. The molecule has 4 aromatic rings. The van der Waals surface area contributed by atoms with E-state index in [0.717, 1.165) is 32.5 Å². The molecule has 0 bridgehead atoms. The molecule has 0 spiro atoms. The highest BCUT2D eigenvalue weighted by Crippen LogP contribution is 2.27. The summed E-state index contributed by atoms with van der Waals surface area (Å²) in [6.07, 6.45) is 2.98. The minimum Gasteiger partial charge on any atom is -0.619 e. The Balaban J connectivity index is 1.40. The number of nitrogens with zero attached hydrogens (tertiary/aromatic N) is 1. The van der Waals surface area contributed by atoms with Crippen LogP contribution in [0.25, 0.3) is 11.1 Å². The normalized spacial score (nSPS) is 10.4. The van der Waals surface area contributed by atoms with Crippen LogP contribution in [0, 0.1) is 5.21 Å². The van der Waals surface area contributed by atoms with Gasteiger partial charge in [-0.3, -0.25) is 4.79 Å². The number of rotatable bonds is 9. The number of amides is 2. The maximum Gasteiger partial charge on any atom is 0.407 e. The van der Waals surface area contributed by atoms with Crippen molar-refractivity contribution in [3.8, 4) is 11.1 Å². The minimum absolute atomic E-state index is 0.189. The fourth-order valence-corrected chi connectivity index (χ4v) is 3.82. The van der Waals surface area contributed by atoms with E-state index in [0.29, 0.717) is 18.5 Å². The number of hydrogen-bond acceptors (Lipinski definition) is 4. The zero-order chi connectivity index (χ0) is 25.2. The lowest BCUT2D eigenvalue weighted by atomic mass is 9.95. The van der Waals surface area contributed by atoms with Crippen LogP contribution in [0.1, 0.15) is 27.0 Å². The monoisotopic (exact) mass is 481 g/mol. The molecule has 0 unspecified atom stereocenters. The van der Waals surface area contributed by atoms with E-state index >= 15 is 0 Å². The third kappa shape index (κ3) is 6.70. The zero-order valence-corrected chi connectivity index (χ0v) is 19.7. The molecule has 0 fully saturated rings. The number of carbonyl (C=O) groups excluding carboxylic acids is 2. The minimum atomic E-state index is -0.511. The van der Waals surface area contributed by atoms with Gasteiger partial charge >= 0.3 is 6.09 Å². The summed E-state index contributed by atoms with van der Waals surface area (Å²) in [5, 5.41) is 16.9. The molecule has 1 heterocycles. The van der Waals surface area contributed by atoms with E-state index in [1.54, 1.807) is 18.2 Å². The Morgan fingerprint density at radius 1 is 0.750 bits per heavy atom. The molecule has 0 radical (unpaired) electrons. The average Bonchev–Trinajstić information content (AvgIpc) is 2.92. The molecule has 36 heavy (non-hydrogen) atoms. The fourth-order valence-electron chi connectivity index (χ4n) is 3.82. The van der Waals surface area contributed by atoms with Crippen LogP contribution in [0.15, 0.2) is 103 Å². The van der Waals surface area contributed by atoms with Crippen LogP contribution in [-0.4, -0.2) is 18.5 Å². The van der Waals surface area contributed by atoms with Crippen molar-refractivity contribution < 1.29 is 19.1 Å². The molecule has 0 aliphatic carbocycles. The number of carbonyl (C=O) groups is 2. The van der Waals surface area contributed by atoms with Crippen LogP contribution < -0.4 is 15.4 Å². The van der Waals surface area contributed by atoms with Crippen LogP contribution in [-0.2, 0) is 24.3 Å². The second-order valence-corrected chi connectivity index (χ2v) is 8.19. The van der Waals surface area contributed by atoms with Gasteiger partial charge in [-0.2, -0.15) is 4.73 Å². The topological polar surface area (TPSA) is 94.4 Å². The molecule has 0 saturated heterocycles. The van der Waals surface area contributed by atoms with Gasteiger partial charge in [0.15, 0.2) is 12.4 Å². The van der Waals surface area contributed by atoms with Crippen molar-refractivity contribution in [2.24, 2.45) is 0 Å². The molecule has 4 rings (SSSR count). The SMILES string of the molecule is O=C(NCc1ccccc1-c1ccccc1C(=O)NCCc1cc[n+]([O-])cc1)OCc1ccccc1. The van der Waals surface area contributed by atoms with Gasteiger partial charge in [-0.25, -0.2) is 4.79 Å². The molecule has 0 aliphatic heterocycles. The summed E-state index contributed by atoms with van der Waals surface area (Å²) >= 11 is 0. The van der Waals surface area contributed by atoms with E-state index in [1.165, 1.54) is 12.4 Å². The third-order valence-corrected chi connectivity index (χ3v) is 5.69. The van der Waals surface area contributed by atoms with E-state index in [9.17, 15) is 14.8 Å². The van der Waals surface area contributed by atoms with E-state index in [4.69, 9.17) is 4.74 Å². The molecule has 2 amide bonds. The Morgan fingerprint density at radius 2 is 1.42 bits per heavy atom. The van der Waals surface area contributed by atoms with Crippen LogP contribution in [0.3, 0.4) is 0 Å². The van der Waals surface area contributed by atoms with Crippen LogP contribution >= 0.6 is 0 Å². The van der Waals surface area contributed by atoms with Gasteiger partial charge in [-0.1, -0.05) is 72.8 Å². The van der Waals surface area contributed by atoms with Crippen molar-refractivity contribution in [1.82, 2.24) is 10.6 Å². The fraction of sp³-hybridized carbons (Fsp3) is 0.138. The Kier molecular flexibility index (Phi) is 8.27. The summed E-state index contributed by atoms with van der Waals surface area (Å²) in [4.78, 5) is 25.3. The van der Waals surface area contributed by atoms with Crippen molar-refractivity contribution in [3.05, 3.63) is 131 Å². The van der Waals surface area contributed by atoms with Crippen molar-refractivity contribution >= 4 is 12.0 Å². The van der Waals surface area contributed by atoms with Crippen LogP contribution in [0.4, 0.5) is 4.79 Å². The molecule has 1 aromatic heterocycles. The first-order valence-electron chi connectivity index (χ1n) is 11.7. The molecule has 3 aromatic carbocycles. The Hall–Kier alpha value is -4.65. The van der Waals surface area contributed by atoms with Gasteiger partial charge in [-0.15, -0.1) is 0 Å². The predicted octanol–water partition coefficient (Wildman–Crippen LogP) is 4.39. The number of nitrogens with one attached hydrogen (secondary N) is 2. The van der Waals surface area contributed by atoms with Crippen molar-refractivity contribution in [1.29, 1.82) is 0 Å². The smallest absolute Gasteiger partial charge is 0.407 e. The van der Waals surface area contributed by atoms with E-state index in [-0.39, 0.29) is 19.1 Å². The summed E-state index contributed by atoms with van der Waals surface area (Å²) in [7, 11) is 0. The summed E-state index contributed by atoms with van der Waals surface area (Å²) in [5.74, 6) is -0.189. The first-order chi connectivity index (χ1) is 17.6. The second kappa shape index (κ2) is 12.2. The lowest BCUT2D eigenvalue weighted by Gasteiger charge is -2.15. The highest BCUT2D eigenvalue weighted by molar-refractivity contribution is 6.01. The van der Waals surface area contributed by atoms with E-state index in [1.807, 2.05) is 72.8 Å². The maximum absolute atomic E-state index is 13.0. The highest BCUT2D eigenvalue weighted by Gasteiger charge is 2.15. The first kappa shape index (κ1) is 24.5. The molecule has 0 saturated carbocycles. The van der Waals surface area contributed by atoms with E-state index < -0.39 is 6.09 Å². The number of pyridine rings is 1. The Labute approximate surface area is 210 Å². The number of alkyl carbamates (subject to hydrolysis) is 1. The van der Waals surface area contributed by atoms with Gasteiger partial charge < -0.3 is 20.6 Å². The summed E-state index contributed by atoms with van der Waals surface area (Å²) in [6.45, 7) is 0.886. The molecule has 7 heteroatoms. The number of hydrogen-bond donors (Lipinski definition) is 2. The number of benzene rings is 3. The Morgan fingerprint density at radius 3 is 2.19 bits per heavy atom. The van der Waals surface area contributed by atoms with Crippen LogP contribution in [0.2, 0.25) is 0 Å². The van der Waals surface area contributed by atoms with Crippen molar-refractivity contribution in [2.45, 2.75) is 19.6 Å². The number of aromatic nitrogens is 1. The average molecular weight is 482 g/mol. The largest absolute Gasteiger partial charge is 0.619 e. The third-order valence-electron chi connectivity index (χ3n) is 5.69. The van der Waals surface area contributed by atoms with Gasteiger partial charge in [-0.05, 0) is 40.3 Å². The van der Waals surface area contributed by atoms with Gasteiger partial charge in [0.2, 0.25) is 0 Å². The van der Waals surface area contributed by atoms with Gasteiger partial charge in [0.1, 0.15) is 6.61 Å².